The van der Waals surface area contributed by atoms with Crippen LogP contribution in [-0.4, -0.2) is 55.4 Å². The highest BCUT2D eigenvalue weighted by Crippen LogP contribution is 2.40. The molecule has 2 aromatic rings. The lowest BCUT2D eigenvalue weighted by atomic mass is 9.82. The van der Waals surface area contributed by atoms with Crippen molar-refractivity contribution < 1.29 is 27.8 Å². The van der Waals surface area contributed by atoms with Crippen molar-refractivity contribution in [2.75, 3.05) is 32.9 Å². The number of amides is 1. The van der Waals surface area contributed by atoms with Crippen LogP contribution in [0, 0.1) is 5.41 Å². The minimum atomic E-state index is -3.55. The number of carbonyl (C=O) groups is 1. The zero-order valence-electron chi connectivity index (χ0n) is 27.8. The number of alkyl halides is 2. The van der Waals surface area contributed by atoms with Crippen LogP contribution in [0.4, 0.5) is 8.78 Å². The molecule has 0 bridgehead atoms. The molecule has 0 N–H and O–H groups in total. The summed E-state index contributed by atoms with van der Waals surface area (Å²) in [4.78, 5) is 14.9. The van der Waals surface area contributed by atoms with E-state index >= 15 is 8.78 Å². The summed E-state index contributed by atoms with van der Waals surface area (Å²) in [5.74, 6) is -5.49. The lowest BCUT2D eigenvalue weighted by Crippen LogP contribution is -2.54. The van der Waals surface area contributed by atoms with Gasteiger partial charge in [-0.1, -0.05) is 114 Å². The van der Waals surface area contributed by atoms with Gasteiger partial charge in [-0.2, -0.15) is 8.78 Å². The maximum Gasteiger partial charge on any atom is 0.325 e. The topological polar surface area (TPSA) is 48.0 Å². The highest BCUT2D eigenvalue weighted by molar-refractivity contribution is 5.84. The van der Waals surface area contributed by atoms with Crippen LogP contribution < -0.4 is 0 Å². The number of carbonyl (C=O) groups excluding carboxylic acids is 1. The van der Waals surface area contributed by atoms with Crippen LogP contribution in [0.1, 0.15) is 117 Å². The van der Waals surface area contributed by atoms with E-state index < -0.39 is 29.5 Å². The number of rotatable bonds is 21. The third-order valence-electron chi connectivity index (χ3n) is 8.70. The van der Waals surface area contributed by atoms with Gasteiger partial charge >= 0.3 is 5.92 Å². The molecule has 3 rings (SSSR count). The maximum atomic E-state index is 16.0. The molecule has 1 amide bonds. The number of halogens is 2. The average Bonchev–Trinajstić information content (AvgIpc) is 3.00. The fourth-order valence-corrected chi connectivity index (χ4v) is 5.95. The smallest absolute Gasteiger partial charge is 0.325 e. The van der Waals surface area contributed by atoms with E-state index in [1.54, 1.807) is 13.8 Å². The number of unbranched alkanes of at least 4 members (excludes halogenated alkanes) is 10. The largest absolute Gasteiger partial charge is 0.376 e. The molecule has 0 aliphatic carbocycles. The van der Waals surface area contributed by atoms with Crippen LogP contribution in [0.2, 0.25) is 0 Å². The number of hydrogen-bond donors (Lipinski definition) is 0. The fraction of sp³-hybridized carbons (Fsp3) is 0.703. The summed E-state index contributed by atoms with van der Waals surface area (Å²) >= 11 is 0. The third kappa shape index (κ3) is 12.0. The van der Waals surface area contributed by atoms with Crippen LogP contribution in [0.25, 0.3) is 10.8 Å². The van der Waals surface area contributed by atoms with Crippen LogP contribution in [0.15, 0.2) is 42.5 Å². The van der Waals surface area contributed by atoms with Crippen LogP contribution >= 0.6 is 0 Å². The fourth-order valence-electron chi connectivity index (χ4n) is 5.95. The van der Waals surface area contributed by atoms with Gasteiger partial charge in [-0.05, 0) is 49.1 Å². The van der Waals surface area contributed by atoms with Crippen molar-refractivity contribution in [3.63, 3.8) is 0 Å². The molecule has 0 saturated carbocycles. The lowest BCUT2D eigenvalue weighted by molar-refractivity contribution is -0.300. The van der Waals surface area contributed by atoms with Crippen molar-refractivity contribution in [2.45, 2.75) is 129 Å². The summed E-state index contributed by atoms with van der Waals surface area (Å²) in [5.41, 5.74) is -0.180. The molecule has 1 heterocycles. The summed E-state index contributed by atoms with van der Waals surface area (Å²) in [5, 5.41) is 2.23. The van der Waals surface area contributed by atoms with Crippen molar-refractivity contribution >= 4 is 16.7 Å². The first-order valence-electron chi connectivity index (χ1n) is 17.1. The minimum absolute atomic E-state index is 0.00757. The van der Waals surface area contributed by atoms with E-state index in [9.17, 15) is 4.79 Å². The molecule has 0 unspecified atom stereocenters. The Hall–Kier alpha value is -2.09. The van der Waals surface area contributed by atoms with Gasteiger partial charge in [0.15, 0.2) is 5.79 Å². The van der Waals surface area contributed by atoms with Gasteiger partial charge in [0.2, 0.25) is 0 Å². The lowest BCUT2D eigenvalue weighted by Gasteiger charge is -2.44. The molecule has 1 fully saturated rings. The molecule has 0 atom stereocenters. The SMILES string of the molecule is CCCCCCCCN(CCCCCCCC)C(=O)C(F)(F)CC1(COCc2ccc3ccccc3c2)COC(C)(C)OC1. The number of ether oxygens (including phenoxy) is 3. The summed E-state index contributed by atoms with van der Waals surface area (Å²) in [6.07, 6.45) is 11.9. The van der Waals surface area contributed by atoms with E-state index in [2.05, 4.69) is 26.0 Å². The first kappa shape index (κ1) is 36.4. The Morgan fingerprint density at radius 2 is 1.36 bits per heavy atom. The van der Waals surface area contributed by atoms with Crippen molar-refractivity contribution in [3.8, 4) is 0 Å². The Kier molecular flexibility index (Phi) is 15.0. The molecule has 2 aromatic carbocycles. The van der Waals surface area contributed by atoms with E-state index in [1.165, 1.54) is 17.7 Å². The summed E-state index contributed by atoms with van der Waals surface area (Å²) in [7, 11) is 0. The van der Waals surface area contributed by atoms with Gasteiger partial charge in [0, 0.05) is 24.9 Å². The highest BCUT2D eigenvalue weighted by atomic mass is 19.3. The zero-order chi connectivity index (χ0) is 31.9. The molecule has 1 aliphatic heterocycles. The summed E-state index contributed by atoms with van der Waals surface area (Å²) in [6.45, 7) is 9.01. The van der Waals surface area contributed by atoms with E-state index in [-0.39, 0.29) is 26.4 Å². The van der Waals surface area contributed by atoms with Crippen molar-refractivity contribution in [1.29, 1.82) is 0 Å². The number of benzene rings is 2. The van der Waals surface area contributed by atoms with Crippen molar-refractivity contribution in [2.24, 2.45) is 5.41 Å². The Morgan fingerprint density at radius 1 is 0.818 bits per heavy atom. The second-order valence-corrected chi connectivity index (χ2v) is 13.4. The molecule has 44 heavy (non-hydrogen) atoms. The molecule has 5 nitrogen and oxygen atoms in total. The maximum absolute atomic E-state index is 16.0. The average molecular weight is 618 g/mol. The molecule has 0 spiro atoms. The molecule has 7 heteroatoms. The van der Waals surface area contributed by atoms with E-state index in [0.717, 1.165) is 80.5 Å². The van der Waals surface area contributed by atoms with Crippen molar-refractivity contribution in [1.82, 2.24) is 4.90 Å². The van der Waals surface area contributed by atoms with Gasteiger partial charge in [-0.3, -0.25) is 4.79 Å². The van der Waals surface area contributed by atoms with Crippen LogP contribution in [0.3, 0.4) is 0 Å². The van der Waals surface area contributed by atoms with Gasteiger partial charge in [-0.15, -0.1) is 0 Å². The van der Waals surface area contributed by atoms with E-state index in [0.29, 0.717) is 13.1 Å². The first-order chi connectivity index (χ1) is 21.1. The molecule has 0 aromatic heterocycles. The summed E-state index contributed by atoms with van der Waals surface area (Å²) < 4.78 is 49.9. The molecular formula is C37H57F2NO4. The zero-order valence-corrected chi connectivity index (χ0v) is 27.8. The monoisotopic (exact) mass is 617 g/mol. The second kappa shape index (κ2) is 18.2. The van der Waals surface area contributed by atoms with Crippen molar-refractivity contribution in [3.05, 3.63) is 48.0 Å². The minimum Gasteiger partial charge on any atom is -0.376 e. The second-order valence-electron chi connectivity index (χ2n) is 13.4. The molecular weight excluding hydrogens is 560 g/mol. The standard InChI is InChI=1S/C37H57F2NO4/c1-5-7-9-11-13-17-23-40(24-18-14-12-10-8-6-2)34(41)37(38,39)27-36(29-43-35(3,4)44-30-36)28-42-26-31-21-22-32-19-15-16-20-33(32)25-31/h15-16,19-22,25H,5-14,17-18,23-24,26-30H2,1-4H3. The normalized spacial score (nSPS) is 16.3. The number of hydrogen-bond acceptors (Lipinski definition) is 4. The van der Waals surface area contributed by atoms with Gasteiger partial charge in [0.05, 0.1) is 26.4 Å². The highest BCUT2D eigenvalue weighted by Gasteiger charge is 2.52. The Bertz CT molecular complexity index is 1100. The predicted molar refractivity (Wildman–Crippen MR) is 175 cm³/mol. The first-order valence-corrected chi connectivity index (χ1v) is 17.1. The van der Waals surface area contributed by atoms with Crippen LogP contribution in [0.5, 0.6) is 0 Å². The van der Waals surface area contributed by atoms with E-state index in [4.69, 9.17) is 14.2 Å². The molecule has 248 valence electrons. The Labute approximate surface area is 265 Å². The Balaban J connectivity index is 1.66. The van der Waals surface area contributed by atoms with Gasteiger partial charge < -0.3 is 19.1 Å². The number of nitrogens with zero attached hydrogens (tertiary/aromatic N) is 1. The predicted octanol–water partition coefficient (Wildman–Crippen LogP) is 9.70. The molecule has 1 saturated heterocycles. The molecule has 0 radical (unpaired) electrons. The van der Waals surface area contributed by atoms with Crippen LogP contribution in [-0.2, 0) is 25.6 Å². The number of fused-ring (bicyclic) bond motifs is 1. The third-order valence-corrected chi connectivity index (χ3v) is 8.70. The molecule has 1 aliphatic rings. The van der Waals surface area contributed by atoms with Gasteiger partial charge in [-0.25, -0.2) is 0 Å². The summed E-state index contributed by atoms with van der Waals surface area (Å²) in [6, 6.07) is 14.2. The van der Waals surface area contributed by atoms with Gasteiger partial charge in [0.25, 0.3) is 5.91 Å². The van der Waals surface area contributed by atoms with Gasteiger partial charge in [0.1, 0.15) is 0 Å². The Morgan fingerprint density at radius 3 is 1.95 bits per heavy atom. The van der Waals surface area contributed by atoms with E-state index in [1.807, 2.05) is 30.3 Å². The quantitative estimate of drug-likeness (QED) is 0.131.